The molecule has 0 aliphatic carbocycles. The summed E-state index contributed by atoms with van der Waals surface area (Å²) in [4.78, 5) is 29.1. The Morgan fingerprint density at radius 3 is 2.35 bits per heavy atom. The molecule has 2 aromatic rings. The highest BCUT2D eigenvalue weighted by Crippen LogP contribution is 2.34. The number of halogens is 1. The summed E-state index contributed by atoms with van der Waals surface area (Å²) in [6.45, 7) is 7.38. The lowest BCUT2D eigenvalue weighted by Crippen LogP contribution is -2.56. The first kappa shape index (κ1) is 24.2. The standard InChI is InChI=1S/C26H33FN4O3/c1-18-16-21(27)6-9-24(18)25-17-22(30-14-12-29(13-15-30)19(2)32)10-11-31(25)28-26(33)20-4-7-23(34-3)8-5-20/h4-9,16,22,25H,10-15,17H2,1-3H3,(H,28,33)/t22-,25+/m0/s1. The average Bonchev–Trinajstić information content (AvgIpc) is 2.84. The Hall–Kier alpha value is -2.97. The zero-order valence-corrected chi connectivity index (χ0v) is 20.1. The van der Waals surface area contributed by atoms with E-state index in [1.807, 2.05) is 22.9 Å². The van der Waals surface area contributed by atoms with Crippen molar-refractivity contribution in [3.63, 3.8) is 0 Å². The van der Waals surface area contributed by atoms with E-state index in [2.05, 4.69) is 10.3 Å². The maximum Gasteiger partial charge on any atom is 0.265 e. The van der Waals surface area contributed by atoms with Gasteiger partial charge >= 0.3 is 0 Å². The molecule has 4 rings (SSSR count). The number of rotatable bonds is 5. The first-order chi connectivity index (χ1) is 16.4. The van der Waals surface area contributed by atoms with Crippen molar-refractivity contribution < 1.29 is 18.7 Å². The monoisotopic (exact) mass is 468 g/mol. The molecule has 2 heterocycles. The number of nitrogens with one attached hydrogen (secondary N) is 1. The van der Waals surface area contributed by atoms with Gasteiger partial charge in [-0.3, -0.25) is 19.9 Å². The largest absolute Gasteiger partial charge is 0.497 e. The third kappa shape index (κ3) is 5.39. The van der Waals surface area contributed by atoms with Crippen LogP contribution in [0.4, 0.5) is 4.39 Å². The van der Waals surface area contributed by atoms with Crippen LogP contribution < -0.4 is 10.2 Å². The number of aryl methyl sites for hydroxylation is 1. The molecule has 7 nitrogen and oxygen atoms in total. The molecule has 0 radical (unpaired) electrons. The second-order valence-corrected chi connectivity index (χ2v) is 9.10. The Balaban J connectivity index is 1.51. The molecule has 34 heavy (non-hydrogen) atoms. The Bertz CT molecular complexity index is 1020. The Morgan fingerprint density at radius 1 is 1.03 bits per heavy atom. The number of hydrogen-bond acceptors (Lipinski definition) is 5. The number of amides is 2. The number of carbonyl (C=O) groups excluding carboxylic acids is 2. The molecule has 2 amide bonds. The molecule has 1 N–H and O–H groups in total. The van der Waals surface area contributed by atoms with Gasteiger partial charge in [-0.25, -0.2) is 9.40 Å². The zero-order chi connectivity index (χ0) is 24.2. The van der Waals surface area contributed by atoms with Gasteiger partial charge in [0, 0.05) is 51.3 Å². The van der Waals surface area contributed by atoms with Crippen molar-refractivity contribution in [3.05, 3.63) is 65.0 Å². The summed E-state index contributed by atoms with van der Waals surface area (Å²) in [5, 5.41) is 2.00. The fourth-order valence-electron chi connectivity index (χ4n) is 5.06. The number of nitrogens with zero attached hydrogens (tertiary/aromatic N) is 3. The fourth-order valence-corrected chi connectivity index (χ4v) is 5.06. The van der Waals surface area contributed by atoms with E-state index < -0.39 is 0 Å². The molecule has 0 spiro atoms. The summed E-state index contributed by atoms with van der Waals surface area (Å²) in [5.41, 5.74) is 5.54. The van der Waals surface area contributed by atoms with Crippen LogP contribution in [0.5, 0.6) is 5.75 Å². The third-order valence-electron chi connectivity index (χ3n) is 7.04. The smallest absolute Gasteiger partial charge is 0.265 e. The summed E-state index contributed by atoms with van der Waals surface area (Å²) in [6, 6.07) is 12.1. The first-order valence-corrected chi connectivity index (χ1v) is 11.8. The van der Waals surface area contributed by atoms with Crippen LogP contribution in [0.1, 0.15) is 47.3 Å². The highest BCUT2D eigenvalue weighted by atomic mass is 19.1. The van der Waals surface area contributed by atoms with Crippen LogP contribution in [0.15, 0.2) is 42.5 Å². The van der Waals surface area contributed by atoms with Crippen LogP contribution in [-0.4, -0.2) is 72.5 Å². The van der Waals surface area contributed by atoms with Gasteiger partial charge in [-0.15, -0.1) is 0 Å². The number of piperidine rings is 1. The van der Waals surface area contributed by atoms with Crippen molar-refractivity contribution in [1.82, 2.24) is 20.2 Å². The van der Waals surface area contributed by atoms with E-state index in [1.54, 1.807) is 44.4 Å². The van der Waals surface area contributed by atoms with Crippen LogP contribution in [0, 0.1) is 12.7 Å². The molecule has 0 bridgehead atoms. The van der Waals surface area contributed by atoms with Gasteiger partial charge in [-0.2, -0.15) is 0 Å². The van der Waals surface area contributed by atoms with Crippen molar-refractivity contribution >= 4 is 11.8 Å². The quantitative estimate of drug-likeness (QED) is 0.730. The van der Waals surface area contributed by atoms with Gasteiger partial charge in [-0.05, 0) is 67.3 Å². The topological polar surface area (TPSA) is 65.1 Å². The van der Waals surface area contributed by atoms with E-state index in [0.29, 0.717) is 23.9 Å². The molecule has 2 saturated heterocycles. The summed E-state index contributed by atoms with van der Waals surface area (Å²) in [5.74, 6) is 0.376. The van der Waals surface area contributed by atoms with Crippen molar-refractivity contribution in [3.8, 4) is 5.75 Å². The van der Waals surface area contributed by atoms with E-state index in [9.17, 15) is 14.0 Å². The molecule has 2 aliphatic heterocycles. The lowest BCUT2D eigenvalue weighted by atomic mass is 9.89. The number of hydrogen-bond donors (Lipinski definition) is 1. The van der Waals surface area contributed by atoms with Gasteiger partial charge in [0.25, 0.3) is 5.91 Å². The molecule has 2 atom stereocenters. The Labute approximate surface area is 200 Å². The highest BCUT2D eigenvalue weighted by Gasteiger charge is 2.35. The normalized spacial score (nSPS) is 21.8. The number of hydrazine groups is 1. The summed E-state index contributed by atoms with van der Waals surface area (Å²) in [6.07, 6.45) is 1.72. The van der Waals surface area contributed by atoms with Crippen LogP contribution in [0.2, 0.25) is 0 Å². The predicted octanol–water partition coefficient (Wildman–Crippen LogP) is 3.16. The molecular weight excluding hydrogens is 435 g/mol. The Kier molecular flexibility index (Phi) is 7.48. The van der Waals surface area contributed by atoms with Crippen LogP contribution in [0.25, 0.3) is 0 Å². The van der Waals surface area contributed by atoms with Gasteiger partial charge in [0.1, 0.15) is 11.6 Å². The van der Waals surface area contributed by atoms with Gasteiger partial charge in [-0.1, -0.05) is 6.07 Å². The molecule has 182 valence electrons. The number of piperazine rings is 1. The SMILES string of the molecule is COc1ccc(C(=O)NN2CC[C@H](N3CCN(C(C)=O)CC3)C[C@@H]2c2ccc(F)cc2C)cc1. The fraction of sp³-hybridized carbons (Fsp3) is 0.462. The van der Waals surface area contributed by atoms with E-state index in [1.165, 1.54) is 6.07 Å². The van der Waals surface area contributed by atoms with Gasteiger partial charge in [0.05, 0.1) is 13.2 Å². The van der Waals surface area contributed by atoms with Crippen molar-refractivity contribution in [2.24, 2.45) is 0 Å². The number of methoxy groups -OCH3 is 1. The number of ether oxygens (including phenoxy) is 1. The van der Waals surface area contributed by atoms with E-state index >= 15 is 0 Å². The molecule has 2 fully saturated rings. The molecular formula is C26H33FN4O3. The summed E-state index contributed by atoms with van der Waals surface area (Å²) >= 11 is 0. The molecule has 0 unspecified atom stereocenters. The summed E-state index contributed by atoms with van der Waals surface area (Å²) < 4.78 is 19.0. The second kappa shape index (κ2) is 10.5. The minimum atomic E-state index is -0.261. The highest BCUT2D eigenvalue weighted by molar-refractivity contribution is 5.94. The maximum atomic E-state index is 13.8. The molecule has 0 aromatic heterocycles. The number of benzene rings is 2. The zero-order valence-electron chi connectivity index (χ0n) is 20.1. The Morgan fingerprint density at radius 2 is 1.74 bits per heavy atom. The van der Waals surface area contributed by atoms with Crippen LogP contribution in [-0.2, 0) is 4.79 Å². The van der Waals surface area contributed by atoms with E-state index in [4.69, 9.17) is 4.74 Å². The molecule has 8 heteroatoms. The van der Waals surface area contributed by atoms with Gasteiger partial charge in [0.15, 0.2) is 0 Å². The van der Waals surface area contributed by atoms with Crippen LogP contribution in [0.3, 0.4) is 0 Å². The molecule has 2 aliphatic rings. The lowest BCUT2D eigenvalue weighted by molar-refractivity contribution is -0.131. The van der Waals surface area contributed by atoms with E-state index in [-0.39, 0.29) is 23.7 Å². The van der Waals surface area contributed by atoms with Gasteiger partial charge in [0.2, 0.25) is 5.91 Å². The molecule has 0 saturated carbocycles. The van der Waals surface area contributed by atoms with E-state index in [0.717, 1.165) is 50.1 Å². The minimum absolute atomic E-state index is 0.0765. The molecule has 2 aromatic carbocycles. The van der Waals surface area contributed by atoms with Crippen LogP contribution >= 0.6 is 0 Å². The van der Waals surface area contributed by atoms with Crippen molar-refractivity contribution in [2.75, 3.05) is 39.8 Å². The lowest BCUT2D eigenvalue weighted by Gasteiger charge is -2.46. The summed E-state index contributed by atoms with van der Waals surface area (Å²) in [7, 11) is 1.59. The second-order valence-electron chi connectivity index (χ2n) is 9.10. The van der Waals surface area contributed by atoms with Crippen molar-refractivity contribution in [2.45, 2.75) is 38.8 Å². The maximum absolute atomic E-state index is 13.8. The first-order valence-electron chi connectivity index (χ1n) is 11.8. The average molecular weight is 469 g/mol. The van der Waals surface area contributed by atoms with Crippen molar-refractivity contribution in [1.29, 1.82) is 0 Å². The minimum Gasteiger partial charge on any atom is -0.497 e. The predicted molar refractivity (Wildman–Crippen MR) is 128 cm³/mol. The van der Waals surface area contributed by atoms with Gasteiger partial charge < -0.3 is 9.64 Å². The number of carbonyl (C=O) groups is 2. The third-order valence-corrected chi connectivity index (χ3v) is 7.04.